The normalized spacial score (nSPS) is 11.2. The Hall–Kier alpha value is -2.62. The Morgan fingerprint density at radius 1 is 1.18 bits per heavy atom. The lowest BCUT2D eigenvalue weighted by atomic mass is 10.0. The molecule has 0 spiro atoms. The maximum Gasteiger partial charge on any atom is 0.253 e. The monoisotopic (exact) mass is 501 g/mol. The fourth-order valence-corrected chi connectivity index (χ4v) is 4.67. The van der Waals surface area contributed by atoms with Gasteiger partial charge in [0.25, 0.3) is 5.78 Å². The number of hydrogen-bond donors (Lipinski definition) is 1. The van der Waals surface area contributed by atoms with Crippen LogP contribution in [0.4, 0.5) is 10.1 Å². The Labute approximate surface area is 204 Å². The molecule has 0 aliphatic rings. The number of hydrogen-bond acceptors (Lipinski definition) is 6. The van der Waals surface area contributed by atoms with Crippen LogP contribution < -0.4 is 5.32 Å². The highest BCUT2D eigenvalue weighted by molar-refractivity contribution is 7.99. The van der Waals surface area contributed by atoms with Crippen molar-refractivity contribution in [2.45, 2.75) is 30.3 Å². The predicted molar refractivity (Wildman–Crippen MR) is 132 cm³/mol. The van der Waals surface area contributed by atoms with E-state index in [4.69, 9.17) is 11.6 Å². The topological polar surface area (TPSA) is 72.2 Å². The lowest BCUT2D eigenvalue weighted by Crippen LogP contribution is -2.14. The van der Waals surface area contributed by atoms with Gasteiger partial charge in [0.2, 0.25) is 11.1 Å². The van der Waals surface area contributed by atoms with Crippen molar-refractivity contribution in [1.82, 2.24) is 19.6 Å². The third-order valence-corrected chi connectivity index (χ3v) is 6.93. The van der Waals surface area contributed by atoms with E-state index in [9.17, 15) is 9.18 Å². The Bertz CT molecular complexity index is 1340. The molecule has 0 bridgehead atoms. The highest BCUT2D eigenvalue weighted by Crippen LogP contribution is 2.24. The highest BCUT2D eigenvalue weighted by Gasteiger charge is 2.16. The maximum atomic E-state index is 13.5. The van der Waals surface area contributed by atoms with Gasteiger partial charge in [-0.15, -0.1) is 16.9 Å². The molecule has 33 heavy (non-hydrogen) atoms. The molecule has 170 valence electrons. The first-order valence-electron chi connectivity index (χ1n) is 10.1. The number of nitrogens with one attached hydrogen (secondary N) is 1. The molecule has 1 amide bonds. The molecule has 0 radical (unpaired) electrons. The number of aryl methyl sites for hydroxylation is 2. The van der Waals surface area contributed by atoms with Crippen molar-refractivity contribution in [1.29, 1.82) is 0 Å². The molecule has 0 fully saturated rings. The quantitative estimate of drug-likeness (QED) is 0.333. The van der Waals surface area contributed by atoms with E-state index >= 15 is 0 Å². The summed E-state index contributed by atoms with van der Waals surface area (Å²) in [6.07, 6.45) is 2.53. The van der Waals surface area contributed by atoms with Gasteiger partial charge in [0.15, 0.2) is 0 Å². The summed E-state index contributed by atoms with van der Waals surface area (Å²) in [5.41, 5.74) is 4.31. The fraction of sp³-hybridized carbons (Fsp3) is 0.217. The molecular formula is C23H21ClFN5OS2. The van der Waals surface area contributed by atoms with Gasteiger partial charge in [0.05, 0.1) is 10.8 Å². The standard InChI is InChI=1S/C23H21ClFN5OS2/c1-13-18(9-15-7-8-20(25)19(24)10-15)14(2)30-22(26-13)28-23(29-30)33-12-21(31)27-16-5-4-6-17(11-16)32-3/h4-8,10-11H,9,12H2,1-3H3,(H,27,31). The number of thioether (sulfide) groups is 2. The van der Waals surface area contributed by atoms with Gasteiger partial charge in [0.1, 0.15) is 5.82 Å². The molecule has 0 unspecified atom stereocenters. The molecule has 0 saturated carbocycles. The Morgan fingerprint density at radius 3 is 2.76 bits per heavy atom. The van der Waals surface area contributed by atoms with E-state index < -0.39 is 5.82 Å². The van der Waals surface area contributed by atoms with Crippen molar-refractivity contribution >= 4 is 52.5 Å². The van der Waals surface area contributed by atoms with Crippen molar-refractivity contribution in [2.24, 2.45) is 0 Å². The first kappa shape index (κ1) is 23.5. The summed E-state index contributed by atoms with van der Waals surface area (Å²) >= 11 is 8.80. The van der Waals surface area contributed by atoms with E-state index in [1.165, 1.54) is 17.8 Å². The second-order valence-electron chi connectivity index (χ2n) is 7.36. The second kappa shape index (κ2) is 10.1. The lowest BCUT2D eigenvalue weighted by Gasteiger charge is -2.10. The van der Waals surface area contributed by atoms with E-state index in [1.54, 1.807) is 28.4 Å². The van der Waals surface area contributed by atoms with Gasteiger partial charge in [0, 0.05) is 28.4 Å². The zero-order chi connectivity index (χ0) is 23.5. The summed E-state index contributed by atoms with van der Waals surface area (Å²) in [5, 5.41) is 7.99. The molecule has 4 rings (SSSR count). The van der Waals surface area contributed by atoms with Gasteiger partial charge in [-0.3, -0.25) is 4.79 Å². The molecule has 2 aromatic heterocycles. The van der Waals surface area contributed by atoms with Gasteiger partial charge in [-0.2, -0.15) is 4.98 Å². The number of halogens is 2. The van der Waals surface area contributed by atoms with Crippen LogP contribution >= 0.6 is 35.1 Å². The third kappa shape index (κ3) is 5.48. The van der Waals surface area contributed by atoms with Crippen LogP contribution in [0.2, 0.25) is 5.02 Å². The van der Waals surface area contributed by atoms with E-state index in [-0.39, 0.29) is 16.7 Å². The Balaban J connectivity index is 1.49. The lowest BCUT2D eigenvalue weighted by molar-refractivity contribution is -0.113. The van der Waals surface area contributed by atoms with Crippen molar-refractivity contribution in [3.63, 3.8) is 0 Å². The number of carbonyl (C=O) groups is 1. The number of amides is 1. The molecule has 0 atom stereocenters. The number of nitrogens with zero attached hydrogens (tertiary/aromatic N) is 4. The van der Waals surface area contributed by atoms with Crippen LogP contribution in [0.15, 0.2) is 52.5 Å². The number of carbonyl (C=O) groups excluding carboxylic acids is 1. The summed E-state index contributed by atoms with van der Waals surface area (Å²) in [6, 6.07) is 12.4. The zero-order valence-electron chi connectivity index (χ0n) is 18.2. The second-order valence-corrected chi connectivity index (χ2v) is 9.59. The van der Waals surface area contributed by atoms with E-state index in [2.05, 4.69) is 20.4 Å². The van der Waals surface area contributed by atoms with Crippen LogP contribution in [0.5, 0.6) is 0 Å². The molecule has 1 N–H and O–H groups in total. The summed E-state index contributed by atoms with van der Waals surface area (Å²) < 4.78 is 15.2. The first-order valence-corrected chi connectivity index (χ1v) is 12.7. The number of benzene rings is 2. The zero-order valence-corrected chi connectivity index (χ0v) is 20.6. The van der Waals surface area contributed by atoms with Gasteiger partial charge in [-0.1, -0.05) is 35.5 Å². The molecule has 0 saturated heterocycles. The molecular weight excluding hydrogens is 481 g/mol. The Morgan fingerprint density at radius 2 is 2.00 bits per heavy atom. The van der Waals surface area contributed by atoms with Crippen LogP contribution in [0.1, 0.15) is 22.5 Å². The number of rotatable bonds is 7. The van der Waals surface area contributed by atoms with Gasteiger partial charge in [-0.05, 0) is 61.6 Å². The molecule has 2 aromatic carbocycles. The smallest absolute Gasteiger partial charge is 0.253 e. The largest absolute Gasteiger partial charge is 0.325 e. The van der Waals surface area contributed by atoms with Crippen molar-refractivity contribution in [2.75, 3.05) is 17.3 Å². The van der Waals surface area contributed by atoms with E-state index in [0.29, 0.717) is 17.4 Å². The molecule has 4 aromatic rings. The molecule has 0 aliphatic carbocycles. The fourth-order valence-electron chi connectivity index (χ4n) is 3.39. The average molecular weight is 502 g/mol. The summed E-state index contributed by atoms with van der Waals surface area (Å²) in [6.45, 7) is 3.85. The van der Waals surface area contributed by atoms with Crippen LogP contribution in [0.25, 0.3) is 5.78 Å². The van der Waals surface area contributed by atoms with Crippen molar-refractivity contribution in [3.8, 4) is 0 Å². The maximum absolute atomic E-state index is 13.5. The minimum atomic E-state index is -0.443. The summed E-state index contributed by atoms with van der Waals surface area (Å²) in [7, 11) is 0. The highest BCUT2D eigenvalue weighted by atomic mass is 35.5. The summed E-state index contributed by atoms with van der Waals surface area (Å²) in [5.74, 6) is 0.0778. The third-order valence-electron chi connectivity index (χ3n) is 5.08. The van der Waals surface area contributed by atoms with Gasteiger partial charge in [-0.25, -0.2) is 13.9 Å². The minimum absolute atomic E-state index is 0.0923. The number of fused-ring (bicyclic) bond motifs is 1. The van der Waals surface area contributed by atoms with Crippen LogP contribution in [-0.2, 0) is 11.2 Å². The predicted octanol–water partition coefficient (Wildman–Crippen LogP) is 5.58. The van der Waals surface area contributed by atoms with Crippen LogP contribution in [0, 0.1) is 19.7 Å². The summed E-state index contributed by atoms with van der Waals surface area (Å²) in [4.78, 5) is 22.5. The van der Waals surface area contributed by atoms with Crippen molar-refractivity contribution in [3.05, 3.63) is 75.8 Å². The SMILES string of the molecule is CSc1cccc(NC(=O)CSc2nc3nc(C)c(Cc4ccc(F)c(Cl)c4)c(C)n3n2)c1. The van der Waals surface area contributed by atoms with Crippen LogP contribution in [-0.4, -0.2) is 37.5 Å². The number of anilines is 1. The van der Waals surface area contributed by atoms with E-state index in [0.717, 1.165) is 33.1 Å². The van der Waals surface area contributed by atoms with Crippen molar-refractivity contribution < 1.29 is 9.18 Å². The average Bonchev–Trinajstić information content (AvgIpc) is 3.20. The van der Waals surface area contributed by atoms with Crippen LogP contribution in [0.3, 0.4) is 0 Å². The Kier molecular flexibility index (Phi) is 7.21. The molecule has 2 heterocycles. The molecule has 0 aliphatic heterocycles. The van der Waals surface area contributed by atoms with E-state index in [1.807, 2.05) is 44.4 Å². The molecule has 10 heteroatoms. The number of aromatic nitrogens is 4. The molecule has 6 nitrogen and oxygen atoms in total. The minimum Gasteiger partial charge on any atom is -0.325 e. The van der Waals surface area contributed by atoms with Gasteiger partial charge >= 0.3 is 0 Å². The van der Waals surface area contributed by atoms with Gasteiger partial charge < -0.3 is 5.32 Å². The first-order chi connectivity index (χ1) is 15.8.